The van der Waals surface area contributed by atoms with E-state index in [1.807, 2.05) is 6.20 Å². The molecule has 5 heterocycles. The zero-order chi connectivity index (χ0) is 19.5. The van der Waals surface area contributed by atoms with Gasteiger partial charge in [0.25, 0.3) is 0 Å². The molecule has 1 atom stereocenters. The standard InChI is InChI=1S/C24H31N5/c1-4-21(20-3-2-11-26-16-20)28-22(5-1)23-17-27-24-15-19(10-14-29(23)24)7-6-18-8-12-25-13-9-18/h1,4-5,10,14-15,17-18,20,25-26H,2-3,6-9,11-13,16H2. The van der Waals surface area contributed by atoms with Gasteiger partial charge in [-0.15, -0.1) is 0 Å². The molecule has 3 aromatic rings. The molecule has 5 rings (SSSR count). The van der Waals surface area contributed by atoms with Crippen LogP contribution in [0.15, 0.2) is 42.7 Å². The number of nitrogens with zero attached hydrogens (tertiary/aromatic N) is 3. The molecular formula is C24H31N5. The Balaban J connectivity index is 1.34. The average Bonchev–Trinajstić information content (AvgIpc) is 3.22. The first-order valence-electron chi connectivity index (χ1n) is 11.2. The molecule has 0 saturated carbocycles. The number of hydrogen-bond donors (Lipinski definition) is 2. The third-order valence-electron chi connectivity index (χ3n) is 6.63. The van der Waals surface area contributed by atoms with E-state index in [4.69, 9.17) is 9.97 Å². The highest BCUT2D eigenvalue weighted by Crippen LogP contribution is 2.26. The Hall–Kier alpha value is -2.24. The molecule has 2 N–H and O–H groups in total. The number of pyridine rings is 2. The first-order valence-corrected chi connectivity index (χ1v) is 11.2. The second-order valence-corrected chi connectivity index (χ2v) is 8.63. The number of rotatable bonds is 5. The molecule has 29 heavy (non-hydrogen) atoms. The summed E-state index contributed by atoms with van der Waals surface area (Å²) in [6.07, 6.45) is 11.6. The molecule has 2 aliphatic rings. The van der Waals surface area contributed by atoms with Crippen molar-refractivity contribution in [1.29, 1.82) is 0 Å². The highest BCUT2D eigenvalue weighted by Gasteiger charge is 2.18. The second-order valence-electron chi connectivity index (χ2n) is 8.63. The number of aryl methyl sites for hydroxylation is 1. The van der Waals surface area contributed by atoms with Crippen LogP contribution in [-0.4, -0.2) is 40.5 Å². The molecule has 5 nitrogen and oxygen atoms in total. The lowest BCUT2D eigenvalue weighted by Crippen LogP contribution is -2.28. The molecular weight excluding hydrogens is 358 g/mol. The third-order valence-corrected chi connectivity index (χ3v) is 6.63. The molecule has 1 unspecified atom stereocenters. The number of nitrogens with one attached hydrogen (secondary N) is 2. The lowest BCUT2D eigenvalue weighted by Gasteiger charge is -2.22. The van der Waals surface area contributed by atoms with E-state index in [-0.39, 0.29) is 0 Å². The van der Waals surface area contributed by atoms with E-state index >= 15 is 0 Å². The highest BCUT2D eigenvalue weighted by molar-refractivity contribution is 5.60. The quantitative estimate of drug-likeness (QED) is 0.697. The Bertz CT molecular complexity index is 951. The fourth-order valence-electron chi connectivity index (χ4n) is 4.83. The molecule has 0 spiro atoms. The molecule has 3 aromatic heterocycles. The molecule has 0 aliphatic carbocycles. The van der Waals surface area contributed by atoms with Crippen LogP contribution < -0.4 is 10.6 Å². The van der Waals surface area contributed by atoms with E-state index in [9.17, 15) is 0 Å². The summed E-state index contributed by atoms with van der Waals surface area (Å²) in [5.74, 6) is 1.38. The van der Waals surface area contributed by atoms with Gasteiger partial charge in [0.05, 0.1) is 17.6 Å². The Kier molecular flexibility index (Phi) is 5.59. The molecule has 0 amide bonds. The molecule has 0 aromatic carbocycles. The van der Waals surface area contributed by atoms with Crippen molar-refractivity contribution in [1.82, 2.24) is 25.0 Å². The zero-order valence-corrected chi connectivity index (χ0v) is 17.1. The second kappa shape index (κ2) is 8.64. The van der Waals surface area contributed by atoms with Crippen LogP contribution in [0.1, 0.15) is 49.3 Å². The summed E-state index contributed by atoms with van der Waals surface area (Å²) in [6.45, 7) is 4.51. The van der Waals surface area contributed by atoms with Gasteiger partial charge in [-0.3, -0.25) is 9.38 Å². The van der Waals surface area contributed by atoms with Crippen LogP contribution in [0.4, 0.5) is 0 Å². The lowest BCUT2D eigenvalue weighted by molar-refractivity contribution is 0.354. The van der Waals surface area contributed by atoms with Crippen molar-refractivity contribution in [3.8, 4) is 11.4 Å². The molecule has 2 aliphatic heterocycles. The Morgan fingerprint density at radius 3 is 2.83 bits per heavy atom. The van der Waals surface area contributed by atoms with E-state index < -0.39 is 0 Å². The Labute approximate surface area is 173 Å². The average molecular weight is 390 g/mol. The van der Waals surface area contributed by atoms with E-state index in [0.29, 0.717) is 5.92 Å². The summed E-state index contributed by atoms with van der Waals surface area (Å²) in [5, 5.41) is 6.96. The van der Waals surface area contributed by atoms with Gasteiger partial charge in [-0.25, -0.2) is 4.98 Å². The molecule has 2 saturated heterocycles. The van der Waals surface area contributed by atoms with Crippen molar-refractivity contribution in [2.24, 2.45) is 5.92 Å². The topological polar surface area (TPSA) is 54.2 Å². The van der Waals surface area contributed by atoms with Gasteiger partial charge >= 0.3 is 0 Å². The summed E-state index contributed by atoms with van der Waals surface area (Å²) in [5.41, 5.74) is 5.71. The minimum Gasteiger partial charge on any atom is -0.317 e. The van der Waals surface area contributed by atoms with Gasteiger partial charge in [0.1, 0.15) is 5.65 Å². The number of imidazole rings is 1. The molecule has 0 radical (unpaired) electrons. The number of fused-ring (bicyclic) bond motifs is 1. The van der Waals surface area contributed by atoms with Crippen LogP contribution in [0.5, 0.6) is 0 Å². The van der Waals surface area contributed by atoms with Crippen molar-refractivity contribution in [2.45, 2.75) is 44.4 Å². The van der Waals surface area contributed by atoms with Crippen molar-refractivity contribution >= 4 is 5.65 Å². The number of piperidine rings is 2. The molecule has 152 valence electrons. The first-order chi connectivity index (χ1) is 14.4. The normalized spacial score (nSPS) is 20.9. The minimum absolute atomic E-state index is 0.518. The van der Waals surface area contributed by atoms with E-state index in [0.717, 1.165) is 42.5 Å². The van der Waals surface area contributed by atoms with Gasteiger partial charge in [-0.1, -0.05) is 6.07 Å². The van der Waals surface area contributed by atoms with Gasteiger partial charge in [-0.2, -0.15) is 0 Å². The van der Waals surface area contributed by atoms with Crippen LogP contribution >= 0.6 is 0 Å². The Morgan fingerprint density at radius 1 is 1.03 bits per heavy atom. The number of aromatic nitrogens is 3. The van der Waals surface area contributed by atoms with E-state index in [2.05, 4.69) is 51.6 Å². The minimum atomic E-state index is 0.518. The van der Waals surface area contributed by atoms with Crippen molar-refractivity contribution in [3.05, 3.63) is 54.0 Å². The van der Waals surface area contributed by atoms with Crippen molar-refractivity contribution < 1.29 is 0 Å². The van der Waals surface area contributed by atoms with Gasteiger partial charge in [0.2, 0.25) is 0 Å². The predicted molar refractivity (Wildman–Crippen MR) is 117 cm³/mol. The van der Waals surface area contributed by atoms with Crippen LogP contribution in [0.25, 0.3) is 17.0 Å². The fourth-order valence-corrected chi connectivity index (χ4v) is 4.83. The molecule has 2 fully saturated rings. The largest absolute Gasteiger partial charge is 0.317 e. The van der Waals surface area contributed by atoms with Crippen LogP contribution in [0.2, 0.25) is 0 Å². The monoisotopic (exact) mass is 389 g/mol. The summed E-state index contributed by atoms with van der Waals surface area (Å²) < 4.78 is 2.18. The van der Waals surface area contributed by atoms with E-state index in [1.54, 1.807) is 0 Å². The summed E-state index contributed by atoms with van der Waals surface area (Å²) in [4.78, 5) is 9.70. The predicted octanol–water partition coefficient (Wildman–Crippen LogP) is 3.80. The molecule has 5 heteroatoms. The summed E-state index contributed by atoms with van der Waals surface area (Å²) in [6, 6.07) is 10.9. The van der Waals surface area contributed by atoms with Crippen LogP contribution in [0, 0.1) is 5.92 Å². The van der Waals surface area contributed by atoms with Crippen molar-refractivity contribution in [2.75, 3.05) is 26.2 Å². The highest BCUT2D eigenvalue weighted by atomic mass is 15.0. The number of hydrogen-bond acceptors (Lipinski definition) is 4. The van der Waals surface area contributed by atoms with Gasteiger partial charge in [-0.05, 0) is 93.9 Å². The molecule has 0 bridgehead atoms. The fraction of sp³-hybridized carbons (Fsp3) is 0.500. The SMILES string of the molecule is c1cc(-c2cnc3cc(CCC4CCNCC4)ccn23)nc(C2CCCNC2)c1. The summed E-state index contributed by atoms with van der Waals surface area (Å²) >= 11 is 0. The smallest absolute Gasteiger partial charge is 0.137 e. The Morgan fingerprint density at radius 2 is 1.97 bits per heavy atom. The van der Waals surface area contributed by atoms with Gasteiger partial charge < -0.3 is 10.6 Å². The third kappa shape index (κ3) is 4.21. The zero-order valence-electron chi connectivity index (χ0n) is 17.1. The van der Waals surface area contributed by atoms with Gasteiger partial charge in [0.15, 0.2) is 0 Å². The van der Waals surface area contributed by atoms with Gasteiger partial charge in [0, 0.05) is 24.4 Å². The first kappa shape index (κ1) is 18.8. The van der Waals surface area contributed by atoms with Crippen LogP contribution in [0.3, 0.4) is 0 Å². The van der Waals surface area contributed by atoms with Crippen LogP contribution in [-0.2, 0) is 6.42 Å². The van der Waals surface area contributed by atoms with Crippen molar-refractivity contribution in [3.63, 3.8) is 0 Å². The maximum atomic E-state index is 5.00. The maximum absolute atomic E-state index is 5.00. The maximum Gasteiger partial charge on any atom is 0.137 e. The summed E-state index contributed by atoms with van der Waals surface area (Å²) in [7, 11) is 0. The van der Waals surface area contributed by atoms with E-state index in [1.165, 1.54) is 56.5 Å². The lowest BCUT2D eigenvalue weighted by atomic mass is 9.91.